The Labute approximate surface area is 149 Å². The summed E-state index contributed by atoms with van der Waals surface area (Å²) in [6.45, 7) is 0. The second-order valence-corrected chi connectivity index (χ2v) is 7.95. The molecule has 0 aliphatic carbocycles. The first-order chi connectivity index (χ1) is 12.4. The van der Waals surface area contributed by atoms with Crippen LogP contribution in [0, 0.1) is 0 Å². The maximum Gasteiger partial charge on any atom is 0.0148 e. The zero-order chi connectivity index (χ0) is 16.6. The molecular formula is C24H19P. The van der Waals surface area contributed by atoms with Crippen LogP contribution in [0.15, 0.2) is 84.9 Å². The van der Waals surface area contributed by atoms with Crippen molar-refractivity contribution in [1.82, 2.24) is 0 Å². The Hall–Kier alpha value is -2.43. The first-order valence-corrected chi connectivity index (χ1v) is 10.00. The highest BCUT2D eigenvalue weighted by atomic mass is 31.1. The number of fused-ring (bicyclic) bond motifs is 2. The van der Waals surface area contributed by atoms with E-state index in [0.717, 1.165) is 0 Å². The molecule has 1 aliphatic rings. The number of benzene rings is 4. The van der Waals surface area contributed by atoms with Gasteiger partial charge in [0.25, 0.3) is 0 Å². The molecule has 0 N–H and O–H groups in total. The predicted molar refractivity (Wildman–Crippen MR) is 111 cm³/mol. The summed E-state index contributed by atoms with van der Waals surface area (Å²) >= 11 is 0. The van der Waals surface area contributed by atoms with E-state index in [1.165, 1.54) is 53.5 Å². The van der Waals surface area contributed by atoms with Crippen molar-refractivity contribution in [2.75, 3.05) is 6.16 Å². The SMILES string of the molecule is c1ccc2c(C3=PCCC3c3cccc4ccccc34)cccc2c1. The van der Waals surface area contributed by atoms with Crippen LogP contribution >= 0.6 is 8.20 Å². The summed E-state index contributed by atoms with van der Waals surface area (Å²) in [5.41, 5.74) is 2.93. The van der Waals surface area contributed by atoms with Gasteiger partial charge in [0.05, 0.1) is 0 Å². The Morgan fingerprint density at radius 2 is 1.28 bits per heavy atom. The average molecular weight is 338 g/mol. The molecule has 0 bridgehead atoms. The molecule has 120 valence electrons. The first-order valence-electron chi connectivity index (χ1n) is 8.92. The van der Waals surface area contributed by atoms with Crippen LogP contribution in [-0.2, 0) is 0 Å². The van der Waals surface area contributed by atoms with E-state index in [-0.39, 0.29) is 0 Å². The van der Waals surface area contributed by atoms with E-state index < -0.39 is 0 Å². The highest BCUT2D eigenvalue weighted by Gasteiger charge is 2.25. The molecule has 1 unspecified atom stereocenters. The lowest BCUT2D eigenvalue weighted by Gasteiger charge is -2.19. The summed E-state index contributed by atoms with van der Waals surface area (Å²) in [6, 6.07) is 31.1. The second-order valence-electron chi connectivity index (χ2n) is 6.70. The molecule has 4 aromatic rings. The minimum Gasteiger partial charge on any atom is -0.0997 e. The van der Waals surface area contributed by atoms with Gasteiger partial charge in [-0.2, -0.15) is 0 Å². The number of rotatable bonds is 2. The second kappa shape index (κ2) is 6.14. The van der Waals surface area contributed by atoms with E-state index in [1.54, 1.807) is 5.29 Å². The first kappa shape index (κ1) is 14.9. The molecule has 0 radical (unpaired) electrons. The molecule has 0 saturated heterocycles. The molecule has 0 amide bonds. The van der Waals surface area contributed by atoms with Crippen LogP contribution < -0.4 is 0 Å². The summed E-state index contributed by atoms with van der Waals surface area (Å²) in [5, 5.41) is 7.07. The van der Waals surface area contributed by atoms with Crippen molar-refractivity contribution >= 4 is 35.0 Å². The predicted octanol–water partition coefficient (Wildman–Crippen LogP) is 6.65. The molecule has 1 heterocycles. The lowest BCUT2D eigenvalue weighted by atomic mass is 9.85. The number of hydrogen-bond acceptors (Lipinski definition) is 0. The van der Waals surface area contributed by atoms with Gasteiger partial charge in [0, 0.05) is 5.92 Å². The van der Waals surface area contributed by atoms with Crippen LogP contribution in [0.1, 0.15) is 23.5 Å². The van der Waals surface area contributed by atoms with Gasteiger partial charge in [0.2, 0.25) is 0 Å². The van der Waals surface area contributed by atoms with Crippen LogP contribution in [0.4, 0.5) is 0 Å². The third-order valence-electron chi connectivity index (χ3n) is 5.29. The van der Waals surface area contributed by atoms with E-state index in [9.17, 15) is 0 Å². The minimum atomic E-state index is 0.526. The fraction of sp³-hybridized carbons (Fsp3) is 0.125. The fourth-order valence-corrected chi connectivity index (χ4v) is 5.62. The van der Waals surface area contributed by atoms with Crippen LogP contribution in [-0.4, -0.2) is 11.5 Å². The van der Waals surface area contributed by atoms with Gasteiger partial charge in [0.15, 0.2) is 0 Å². The number of hydrogen-bond donors (Lipinski definition) is 0. The summed E-state index contributed by atoms with van der Waals surface area (Å²) in [5.74, 6) is 0.526. The summed E-state index contributed by atoms with van der Waals surface area (Å²) in [6.07, 6.45) is 2.50. The molecule has 1 atom stereocenters. The van der Waals surface area contributed by atoms with Crippen molar-refractivity contribution in [3.63, 3.8) is 0 Å². The van der Waals surface area contributed by atoms with Crippen LogP contribution in [0.25, 0.3) is 21.5 Å². The lowest BCUT2D eigenvalue weighted by molar-refractivity contribution is 0.886. The van der Waals surface area contributed by atoms with Gasteiger partial charge in [-0.3, -0.25) is 0 Å². The van der Waals surface area contributed by atoms with Crippen molar-refractivity contribution in [1.29, 1.82) is 0 Å². The van der Waals surface area contributed by atoms with Crippen molar-refractivity contribution in [3.05, 3.63) is 96.1 Å². The molecule has 4 aromatic carbocycles. The average Bonchev–Trinajstić information content (AvgIpc) is 3.16. The molecule has 5 rings (SSSR count). The molecule has 1 aliphatic heterocycles. The van der Waals surface area contributed by atoms with E-state index in [2.05, 4.69) is 84.9 Å². The lowest BCUT2D eigenvalue weighted by Crippen LogP contribution is -2.10. The van der Waals surface area contributed by atoms with Gasteiger partial charge in [0.1, 0.15) is 0 Å². The van der Waals surface area contributed by atoms with Gasteiger partial charge < -0.3 is 0 Å². The van der Waals surface area contributed by atoms with E-state index in [4.69, 9.17) is 0 Å². The molecule has 0 saturated carbocycles. The Bertz CT molecular complexity index is 1100. The maximum atomic E-state index is 2.33. The Morgan fingerprint density at radius 1 is 0.640 bits per heavy atom. The topological polar surface area (TPSA) is 0 Å². The van der Waals surface area contributed by atoms with Crippen LogP contribution in [0.2, 0.25) is 0 Å². The Balaban J connectivity index is 1.69. The van der Waals surface area contributed by atoms with E-state index in [1.807, 2.05) is 0 Å². The van der Waals surface area contributed by atoms with Gasteiger partial charge >= 0.3 is 0 Å². The van der Waals surface area contributed by atoms with Gasteiger partial charge in [-0.15, -0.1) is 0 Å². The Kier molecular flexibility index (Phi) is 3.65. The maximum absolute atomic E-state index is 2.33. The molecule has 0 nitrogen and oxygen atoms in total. The summed E-state index contributed by atoms with van der Waals surface area (Å²) in [4.78, 5) is 0. The molecular weight excluding hydrogens is 319 g/mol. The van der Waals surface area contributed by atoms with Gasteiger partial charge in [-0.05, 0) is 50.5 Å². The van der Waals surface area contributed by atoms with E-state index >= 15 is 0 Å². The quantitative estimate of drug-likeness (QED) is 0.359. The molecule has 0 fully saturated rings. The van der Waals surface area contributed by atoms with Crippen molar-refractivity contribution in [2.45, 2.75) is 12.3 Å². The van der Waals surface area contributed by atoms with Gasteiger partial charge in [-0.25, -0.2) is 0 Å². The highest BCUT2D eigenvalue weighted by Crippen LogP contribution is 2.40. The third-order valence-corrected chi connectivity index (χ3v) is 6.67. The molecule has 25 heavy (non-hydrogen) atoms. The monoisotopic (exact) mass is 338 g/mol. The Morgan fingerprint density at radius 3 is 2.12 bits per heavy atom. The zero-order valence-electron chi connectivity index (χ0n) is 14.0. The minimum absolute atomic E-state index is 0.526. The molecule has 0 spiro atoms. The van der Waals surface area contributed by atoms with Crippen molar-refractivity contribution < 1.29 is 0 Å². The molecule has 0 aromatic heterocycles. The third kappa shape index (κ3) is 2.49. The fourth-order valence-electron chi connectivity index (χ4n) is 4.14. The highest BCUT2D eigenvalue weighted by molar-refractivity contribution is 7.42. The normalized spacial score (nSPS) is 17.8. The molecule has 1 heteroatoms. The van der Waals surface area contributed by atoms with E-state index in [0.29, 0.717) is 5.92 Å². The smallest absolute Gasteiger partial charge is 0.0148 e. The summed E-state index contributed by atoms with van der Waals surface area (Å²) in [7, 11) is 1.49. The van der Waals surface area contributed by atoms with Crippen LogP contribution in [0.5, 0.6) is 0 Å². The van der Waals surface area contributed by atoms with Gasteiger partial charge in [-0.1, -0.05) is 93.1 Å². The van der Waals surface area contributed by atoms with Crippen molar-refractivity contribution in [2.24, 2.45) is 0 Å². The van der Waals surface area contributed by atoms with Crippen LogP contribution in [0.3, 0.4) is 0 Å². The standard InChI is InChI=1S/C24H19P/c1-3-11-19-17(7-1)9-5-13-21(19)23-15-16-25-24(23)22-14-6-10-18-8-2-4-12-20(18)22/h1-14,23H,15-16H2. The largest absolute Gasteiger partial charge is 0.0997 e. The zero-order valence-corrected chi connectivity index (χ0v) is 14.9. The summed E-state index contributed by atoms with van der Waals surface area (Å²) < 4.78 is 0. The van der Waals surface area contributed by atoms with Crippen molar-refractivity contribution in [3.8, 4) is 0 Å².